The van der Waals surface area contributed by atoms with Crippen LogP contribution in [-0.4, -0.2) is 11.0 Å². The molecule has 0 aliphatic carbocycles. The van der Waals surface area contributed by atoms with Gasteiger partial charge in [0.1, 0.15) is 4.60 Å². The molecule has 0 saturated heterocycles. The van der Waals surface area contributed by atoms with Gasteiger partial charge in [0.2, 0.25) is 0 Å². The van der Waals surface area contributed by atoms with Gasteiger partial charge in [-0.1, -0.05) is 32.8 Å². The second kappa shape index (κ2) is 7.02. The molecule has 3 heteroatoms. The number of aromatic nitrogens is 1. The Bertz CT molecular complexity index is 311. The highest BCUT2D eigenvalue weighted by molar-refractivity contribution is 9.10. The van der Waals surface area contributed by atoms with E-state index in [4.69, 9.17) is 0 Å². The van der Waals surface area contributed by atoms with Gasteiger partial charge in [0, 0.05) is 12.6 Å². The van der Waals surface area contributed by atoms with Crippen molar-refractivity contribution in [1.29, 1.82) is 0 Å². The van der Waals surface area contributed by atoms with Crippen LogP contribution in [0.1, 0.15) is 39.3 Å². The lowest BCUT2D eigenvalue weighted by Gasteiger charge is -2.22. The average molecular weight is 285 g/mol. The summed E-state index contributed by atoms with van der Waals surface area (Å²) in [6.45, 7) is 7.61. The summed E-state index contributed by atoms with van der Waals surface area (Å²) < 4.78 is 0.905. The zero-order valence-corrected chi connectivity index (χ0v) is 11.9. The van der Waals surface area contributed by atoms with E-state index in [9.17, 15) is 0 Å². The van der Waals surface area contributed by atoms with E-state index in [2.05, 4.69) is 53.1 Å². The Morgan fingerprint density at radius 1 is 1.31 bits per heavy atom. The highest BCUT2D eigenvalue weighted by atomic mass is 79.9. The molecule has 0 saturated carbocycles. The van der Waals surface area contributed by atoms with E-state index < -0.39 is 0 Å². The molecule has 0 aliphatic rings. The van der Waals surface area contributed by atoms with E-state index in [-0.39, 0.29) is 0 Å². The summed E-state index contributed by atoms with van der Waals surface area (Å²) in [7, 11) is 0. The van der Waals surface area contributed by atoms with Gasteiger partial charge in [-0.05, 0) is 40.9 Å². The molecule has 0 fully saturated rings. The first-order valence-electron chi connectivity index (χ1n) is 6.02. The number of halogens is 1. The Balaban J connectivity index is 2.45. The summed E-state index contributed by atoms with van der Waals surface area (Å²) in [5.41, 5.74) is 1.09. The summed E-state index contributed by atoms with van der Waals surface area (Å²) >= 11 is 3.39. The molecule has 0 aliphatic heterocycles. The molecule has 1 aromatic rings. The molecule has 1 heterocycles. The summed E-state index contributed by atoms with van der Waals surface area (Å²) in [4.78, 5) is 4.41. The van der Waals surface area contributed by atoms with E-state index >= 15 is 0 Å². The zero-order valence-electron chi connectivity index (χ0n) is 10.3. The lowest BCUT2D eigenvalue weighted by Crippen LogP contribution is -2.32. The second-order valence-corrected chi connectivity index (χ2v) is 5.01. The molecule has 16 heavy (non-hydrogen) atoms. The van der Waals surface area contributed by atoms with Crippen molar-refractivity contribution in [3.05, 3.63) is 28.5 Å². The van der Waals surface area contributed by atoms with Crippen LogP contribution in [0.4, 0.5) is 0 Å². The summed E-state index contributed by atoms with van der Waals surface area (Å²) in [5, 5.41) is 3.54. The van der Waals surface area contributed by atoms with Crippen molar-refractivity contribution >= 4 is 15.9 Å². The van der Waals surface area contributed by atoms with Gasteiger partial charge in [0.05, 0.1) is 5.69 Å². The molecular weight excluding hydrogens is 264 g/mol. The largest absolute Gasteiger partial charge is 0.308 e. The van der Waals surface area contributed by atoms with E-state index in [0.717, 1.165) is 22.8 Å². The second-order valence-electron chi connectivity index (χ2n) is 4.20. The Morgan fingerprint density at radius 3 is 2.56 bits per heavy atom. The summed E-state index contributed by atoms with van der Waals surface area (Å²) in [5.74, 6) is 0.757. The maximum Gasteiger partial charge on any atom is 0.106 e. The van der Waals surface area contributed by atoms with Crippen molar-refractivity contribution < 1.29 is 0 Å². The van der Waals surface area contributed by atoms with Crippen LogP contribution in [0.15, 0.2) is 22.8 Å². The minimum absolute atomic E-state index is 0.552. The van der Waals surface area contributed by atoms with Crippen LogP contribution in [0.2, 0.25) is 0 Å². The van der Waals surface area contributed by atoms with Gasteiger partial charge in [0.15, 0.2) is 0 Å². The lowest BCUT2D eigenvalue weighted by atomic mass is 9.95. The number of hydrogen-bond donors (Lipinski definition) is 1. The molecule has 0 spiro atoms. The third-order valence-corrected chi connectivity index (χ3v) is 3.58. The van der Waals surface area contributed by atoms with Crippen molar-refractivity contribution in [2.24, 2.45) is 5.92 Å². The van der Waals surface area contributed by atoms with Crippen molar-refractivity contribution in [2.45, 2.75) is 46.2 Å². The Kier molecular flexibility index (Phi) is 5.99. The monoisotopic (exact) mass is 284 g/mol. The lowest BCUT2D eigenvalue weighted by molar-refractivity contribution is 0.352. The van der Waals surface area contributed by atoms with Gasteiger partial charge in [0.25, 0.3) is 0 Å². The van der Waals surface area contributed by atoms with E-state index in [1.54, 1.807) is 0 Å². The van der Waals surface area contributed by atoms with Gasteiger partial charge in [-0.3, -0.25) is 0 Å². The average Bonchev–Trinajstić information content (AvgIpc) is 2.28. The molecule has 2 nitrogen and oxygen atoms in total. The highest BCUT2D eigenvalue weighted by Crippen LogP contribution is 2.13. The van der Waals surface area contributed by atoms with Crippen LogP contribution in [0.25, 0.3) is 0 Å². The molecule has 90 valence electrons. The normalized spacial score (nSPS) is 13.1. The number of nitrogens with one attached hydrogen (secondary N) is 1. The van der Waals surface area contributed by atoms with Crippen molar-refractivity contribution in [2.75, 3.05) is 0 Å². The first kappa shape index (κ1) is 13.7. The predicted octanol–water partition coefficient (Wildman–Crippen LogP) is 3.76. The summed E-state index contributed by atoms with van der Waals surface area (Å²) in [6.07, 6.45) is 2.47. The third-order valence-electron chi connectivity index (χ3n) is 3.13. The zero-order chi connectivity index (χ0) is 12.0. The topological polar surface area (TPSA) is 24.9 Å². The fourth-order valence-electron chi connectivity index (χ4n) is 1.98. The minimum atomic E-state index is 0.552. The summed E-state index contributed by atoms with van der Waals surface area (Å²) in [6, 6.07) is 6.58. The smallest absolute Gasteiger partial charge is 0.106 e. The van der Waals surface area contributed by atoms with Gasteiger partial charge >= 0.3 is 0 Å². The van der Waals surface area contributed by atoms with Gasteiger partial charge in [-0.2, -0.15) is 0 Å². The first-order valence-corrected chi connectivity index (χ1v) is 6.81. The van der Waals surface area contributed by atoms with E-state index in [1.165, 1.54) is 12.8 Å². The number of pyridine rings is 1. The maximum atomic E-state index is 4.41. The molecule has 0 aromatic carbocycles. The van der Waals surface area contributed by atoms with Crippen LogP contribution in [0, 0.1) is 5.92 Å². The molecule has 1 N–H and O–H groups in total. The molecule has 1 rings (SSSR count). The highest BCUT2D eigenvalue weighted by Gasteiger charge is 2.12. The number of hydrogen-bond acceptors (Lipinski definition) is 2. The Hall–Kier alpha value is -0.410. The molecule has 0 amide bonds. The Labute approximate surface area is 107 Å². The van der Waals surface area contributed by atoms with Gasteiger partial charge in [-0.15, -0.1) is 0 Å². The van der Waals surface area contributed by atoms with Crippen molar-refractivity contribution in [3.8, 4) is 0 Å². The van der Waals surface area contributed by atoms with Crippen LogP contribution in [-0.2, 0) is 6.54 Å². The molecule has 0 bridgehead atoms. The maximum absolute atomic E-state index is 4.41. The number of nitrogens with zero attached hydrogens (tertiary/aromatic N) is 1. The molecule has 1 unspecified atom stereocenters. The molecular formula is C13H21BrN2. The van der Waals surface area contributed by atoms with Gasteiger partial charge in [-0.25, -0.2) is 4.98 Å². The molecule has 0 radical (unpaired) electrons. The van der Waals surface area contributed by atoms with Crippen molar-refractivity contribution in [1.82, 2.24) is 10.3 Å². The van der Waals surface area contributed by atoms with Crippen LogP contribution in [0.5, 0.6) is 0 Å². The predicted molar refractivity (Wildman–Crippen MR) is 72.3 cm³/mol. The first-order chi connectivity index (χ1) is 7.67. The number of rotatable bonds is 6. The fourth-order valence-corrected chi connectivity index (χ4v) is 2.36. The van der Waals surface area contributed by atoms with Crippen LogP contribution >= 0.6 is 15.9 Å². The molecule has 1 aromatic heterocycles. The molecule has 1 atom stereocenters. The Morgan fingerprint density at radius 2 is 2.00 bits per heavy atom. The van der Waals surface area contributed by atoms with Gasteiger partial charge < -0.3 is 5.32 Å². The standard InChI is InChI=1S/C13H21BrN2/c1-4-11(5-2)10(3)15-9-12-7-6-8-13(14)16-12/h6-8,10-11,15H,4-5,9H2,1-3H3. The van der Waals surface area contributed by atoms with Crippen molar-refractivity contribution in [3.63, 3.8) is 0 Å². The van der Waals surface area contributed by atoms with E-state index in [0.29, 0.717) is 6.04 Å². The fraction of sp³-hybridized carbons (Fsp3) is 0.615. The van der Waals surface area contributed by atoms with Crippen LogP contribution in [0.3, 0.4) is 0 Å². The van der Waals surface area contributed by atoms with E-state index in [1.807, 2.05) is 12.1 Å². The van der Waals surface area contributed by atoms with Crippen LogP contribution < -0.4 is 5.32 Å². The third kappa shape index (κ3) is 4.22. The SMILES string of the molecule is CCC(CC)C(C)NCc1cccc(Br)n1. The minimum Gasteiger partial charge on any atom is -0.308 e. The quantitative estimate of drug-likeness (QED) is 0.805.